The second kappa shape index (κ2) is 7.86. The van der Waals surface area contributed by atoms with Crippen LogP contribution in [-0.4, -0.2) is 54.5 Å². The van der Waals surface area contributed by atoms with Gasteiger partial charge in [0, 0.05) is 11.6 Å². The normalized spacial score (nSPS) is 17.7. The Morgan fingerprint density at radius 2 is 2.00 bits per heavy atom. The van der Waals surface area contributed by atoms with E-state index in [2.05, 4.69) is 20.8 Å². The number of aromatic nitrogens is 2. The fraction of sp³-hybridized carbons (Fsp3) is 0.300. The minimum atomic E-state index is -3.10. The van der Waals surface area contributed by atoms with E-state index >= 15 is 0 Å². The molecule has 0 unspecified atom stereocenters. The molecule has 156 valence electrons. The van der Waals surface area contributed by atoms with Crippen molar-refractivity contribution in [2.75, 3.05) is 18.1 Å². The average molecular weight is 428 g/mol. The van der Waals surface area contributed by atoms with Crippen molar-refractivity contribution in [2.45, 2.75) is 19.4 Å². The second-order valence-electron chi connectivity index (χ2n) is 7.22. The highest BCUT2D eigenvalue weighted by molar-refractivity contribution is 7.91. The van der Waals surface area contributed by atoms with Crippen molar-refractivity contribution < 1.29 is 22.5 Å². The monoisotopic (exact) mass is 428 g/mol. The van der Waals surface area contributed by atoms with Crippen molar-refractivity contribution in [1.82, 2.24) is 20.8 Å². The van der Waals surface area contributed by atoms with Crippen LogP contribution in [0.5, 0.6) is 0 Å². The summed E-state index contributed by atoms with van der Waals surface area (Å²) < 4.78 is 28.3. The number of amides is 2. The summed E-state index contributed by atoms with van der Waals surface area (Å²) in [4.78, 5) is 29.4. The molecule has 1 saturated heterocycles. The van der Waals surface area contributed by atoms with Crippen LogP contribution < -0.4 is 10.6 Å². The second-order valence-corrected chi connectivity index (χ2v) is 9.45. The average Bonchev–Trinajstić information content (AvgIpc) is 3.27. The standard InChI is InChI=1S/C20H20N4O5S/c1-12-18-15(9-16(23-20(18)29-24-12)13-5-3-2-4-6-13)19(26)21-10-17(25)22-14-7-8-30(27,28)11-14/h2-6,9,14H,7-8,10-11H2,1H3,(H,21,26)(H,22,25)/t14-/m0/s1. The van der Waals surface area contributed by atoms with Crippen molar-refractivity contribution in [3.8, 4) is 11.3 Å². The third-order valence-corrected chi connectivity index (χ3v) is 6.71. The van der Waals surface area contributed by atoms with Crippen molar-refractivity contribution in [2.24, 2.45) is 0 Å². The van der Waals surface area contributed by atoms with E-state index in [0.29, 0.717) is 28.8 Å². The van der Waals surface area contributed by atoms with E-state index in [1.165, 1.54) is 0 Å². The van der Waals surface area contributed by atoms with Gasteiger partial charge in [-0.05, 0) is 19.4 Å². The van der Waals surface area contributed by atoms with Crippen LogP contribution in [0.4, 0.5) is 0 Å². The Morgan fingerprint density at radius 3 is 2.70 bits per heavy atom. The van der Waals surface area contributed by atoms with Gasteiger partial charge in [-0.1, -0.05) is 35.5 Å². The zero-order valence-corrected chi connectivity index (χ0v) is 17.0. The summed E-state index contributed by atoms with van der Waals surface area (Å²) in [5.41, 5.74) is 2.41. The minimum Gasteiger partial charge on any atom is -0.351 e. The maximum absolute atomic E-state index is 12.9. The summed E-state index contributed by atoms with van der Waals surface area (Å²) in [5, 5.41) is 9.61. The van der Waals surface area contributed by atoms with Crippen LogP contribution in [0.25, 0.3) is 22.4 Å². The van der Waals surface area contributed by atoms with Crippen LogP contribution in [-0.2, 0) is 14.6 Å². The van der Waals surface area contributed by atoms with Gasteiger partial charge in [-0.15, -0.1) is 0 Å². The summed E-state index contributed by atoms with van der Waals surface area (Å²) in [7, 11) is -3.10. The lowest BCUT2D eigenvalue weighted by Crippen LogP contribution is -2.42. The number of benzene rings is 1. The van der Waals surface area contributed by atoms with Crippen molar-refractivity contribution in [3.05, 3.63) is 47.7 Å². The SMILES string of the molecule is Cc1noc2nc(-c3ccccc3)cc(C(=O)NCC(=O)N[C@H]3CCS(=O)(=O)C3)c12. The number of rotatable bonds is 5. The van der Waals surface area contributed by atoms with Gasteiger partial charge in [-0.2, -0.15) is 0 Å². The fourth-order valence-corrected chi connectivity index (χ4v) is 5.15. The first-order chi connectivity index (χ1) is 14.3. The molecular weight excluding hydrogens is 408 g/mol. The predicted octanol–water partition coefficient (Wildman–Crippen LogP) is 1.23. The molecule has 1 fully saturated rings. The Kier molecular flexibility index (Phi) is 5.25. The molecule has 1 aliphatic heterocycles. The number of aryl methyl sites for hydroxylation is 1. The predicted molar refractivity (Wildman–Crippen MR) is 110 cm³/mol. The van der Waals surface area contributed by atoms with Crippen LogP contribution in [0.2, 0.25) is 0 Å². The smallest absolute Gasteiger partial charge is 0.259 e. The lowest BCUT2D eigenvalue weighted by atomic mass is 10.1. The molecule has 9 nitrogen and oxygen atoms in total. The van der Waals surface area contributed by atoms with Gasteiger partial charge in [0.25, 0.3) is 11.6 Å². The van der Waals surface area contributed by atoms with Crippen LogP contribution >= 0.6 is 0 Å². The molecule has 0 aliphatic carbocycles. The first-order valence-corrected chi connectivity index (χ1v) is 11.2. The van der Waals surface area contributed by atoms with Crippen LogP contribution in [0.1, 0.15) is 22.5 Å². The van der Waals surface area contributed by atoms with Crippen molar-refractivity contribution in [1.29, 1.82) is 0 Å². The molecule has 0 spiro atoms. The van der Waals surface area contributed by atoms with E-state index in [9.17, 15) is 18.0 Å². The quantitative estimate of drug-likeness (QED) is 0.625. The number of carbonyl (C=O) groups is 2. The number of carbonyl (C=O) groups excluding carboxylic acids is 2. The molecule has 0 radical (unpaired) electrons. The number of pyridine rings is 1. The first kappa shape index (κ1) is 20.0. The number of sulfone groups is 1. The van der Waals surface area contributed by atoms with Gasteiger partial charge in [-0.3, -0.25) is 9.59 Å². The fourth-order valence-electron chi connectivity index (χ4n) is 3.47. The Labute approximate surface area is 172 Å². The summed E-state index contributed by atoms with van der Waals surface area (Å²) in [6.07, 6.45) is 0.382. The lowest BCUT2D eigenvalue weighted by Gasteiger charge is -2.12. The Balaban J connectivity index is 1.52. The van der Waals surface area contributed by atoms with E-state index in [0.717, 1.165) is 5.56 Å². The molecule has 1 aromatic carbocycles. The molecule has 2 aromatic heterocycles. The molecule has 3 heterocycles. The molecule has 1 aliphatic rings. The molecule has 1 atom stereocenters. The van der Waals surface area contributed by atoms with Gasteiger partial charge in [0.05, 0.1) is 40.4 Å². The van der Waals surface area contributed by atoms with E-state index in [1.54, 1.807) is 13.0 Å². The van der Waals surface area contributed by atoms with Crippen LogP contribution in [0.15, 0.2) is 40.9 Å². The summed E-state index contributed by atoms with van der Waals surface area (Å²) in [5.74, 6) is -0.923. The summed E-state index contributed by atoms with van der Waals surface area (Å²) in [6, 6.07) is 10.5. The lowest BCUT2D eigenvalue weighted by molar-refractivity contribution is -0.120. The molecule has 10 heteroatoms. The van der Waals surface area contributed by atoms with E-state index in [1.807, 2.05) is 30.3 Å². The Bertz CT molecular complexity index is 1220. The third kappa shape index (κ3) is 4.18. The largest absolute Gasteiger partial charge is 0.351 e. The van der Waals surface area contributed by atoms with Gasteiger partial charge in [0.1, 0.15) is 0 Å². The number of fused-ring (bicyclic) bond motifs is 1. The molecule has 0 bridgehead atoms. The molecule has 2 N–H and O–H groups in total. The summed E-state index contributed by atoms with van der Waals surface area (Å²) >= 11 is 0. The first-order valence-electron chi connectivity index (χ1n) is 9.43. The highest BCUT2D eigenvalue weighted by Crippen LogP contribution is 2.26. The minimum absolute atomic E-state index is 0.0638. The number of nitrogens with one attached hydrogen (secondary N) is 2. The molecule has 3 aromatic rings. The molecule has 2 amide bonds. The molecular formula is C20H20N4O5S. The van der Waals surface area contributed by atoms with Crippen LogP contribution in [0, 0.1) is 6.92 Å². The Hall–Kier alpha value is -3.27. The van der Waals surface area contributed by atoms with Gasteiger partial charge < -0.3 is 15.2 Å². The van der Waals surface area contributed by atoms with Crippen LogP contribution in [0.3, 0.4) is 0 Å². The van der Waals surface area contributed by atoms with Crippen molar-refractivity contribution >= 4 is 32.8 Å². The zero-order valence-electron chi connectivity index (χ0n) is 16.2. The highest BCUT2D eigenvalue weighted by Gasteiger charge is 2.29. The topological polar surface area (TPSA) is 131 Å². The number of hydrogen-bond acceptors (Lipinski definition) is 7. The van der Waals surface area contributed by atoms with Crippen molar-refractivity contribution in [3.63, 3.8) is 0 Å². The van der Waals surface area contributed by atoms with E-state index in [4.69, 9.17) is 4.52 Å². The van der Waals surface area contributed by atoms with E-state index < -0.39 is 27.7 Å². The number of nitrogens with zero attached hydrogens (tertiary/aromatic N) is 2. The molecule has 30 heavy (non-hydrogen) atoms. The molecule has 0 saturated carbocycles. The zero-order chi connectivity index (χ0) is 21.3. The highest BCUT2D eigenvalue weighted by atomic mass is 32.2. The van der Waals surface area contributed by atoms with Gasteiger partial charge in [0.15, 0.2) is 9.84 Å². The van der Waals surface area contributed by atoms with Gasteiger partial charge >= 0.3 is 0 Å². The van der Waals surface area contributed by atoms with Gasteiger partial charge in [-0.25, -0.2) is 13.4 Å². The maximum Gasteiger partial charge on any atom is 0.259 e. The maximum atomic E-state index is 12.9. The van der Waals surface area contributed by atoms with E-state index in [-0.39, 0.29) is 23.8 Å². The Morgan fingerprint density at radius 1 is 1.23 bits per heavy atom. The summed E-state index contributed by atoms with van der Waals surface area (Å²) in [6.45, 7) is 1.43. The molecule has 4 rings (SSSR count). The third-order valence-electron chi connectivity index (χ3n) is 4.94. The number of hydrogen-bond donors (Lipinski definition) is 2. The van der Waals surface area contributed by atoms with Gasteiger partial charge in [0.2, 0.25) is 5.91 Å².